The van der Waals surface area contributed by atoms with Gasteiger partial charge in [-0.2, -0.15) is 5.26 Å². The average Bonchev–Trinajstić information content (AvgIpc) is 4.18. The quantitative estimate of drug-likeness (QED) is 0.123. The maximum Gasteiger partial charge on any atom is 0.408 e. The summed E-state index contributed by atoms with van der Waals surface area (Å²) < 4.78 is 46.2. The van der Waals surface area contributed by atoms with Crippen LogP contribution >= 0.6 is 0 Å². The Morgan fingerprint density at radius 2 is 1.69 bits per heavy atom. The number of hydrogen-bond acceptors (Lipinski definition) is 12. The highest BCUT2D eigenvalue weighted by atomic mass is 32.2. The Morgan fingerprint density at radius 1 is 1.00 bits per heavy atom. The van der Waals surface area contributed by atoms with Gasteiger partial charge in [0.1, 0.15) is 46.2 Å². The van der Waals surface area contributed by atoms with Gasteiger partial charge in [-0.15, -0.1) is 6.58 Å². The number of aromatic nitrogens is 1. The molecule has 1 aromatic heterocycles. The molecule has 3 fully saturated rings. The van der Waals surface area contributed by atoms with Gasteiger partial charge in [-0.1, -0.05) is 54.6 Å². The number of nitriles is 1. The Kier molecular flexibility index (Phi) is 12.4. The van der Waals surface area contributed by atoms with E-state index in [0.29, 0.717) is 40.9 Å². The van der Waals surface area contributed by atoms with Crippen LogP contribution in [0.25, 0.3) is 22.2 Å². The van der Waals surface area contributed by atoms with Crippen LogP contribution in [-0.2, 0) is 33.9 Å². The summed E-state index contributed by atoms with van der Waals surface area (Å²) >= 11 is 0. The molecule has 334 valence electrons. The minimum absolute atomic E-state index is 0.0171. The first-order chi connectivity index (χ1) is 30.4. The highest BCUT2D eigenvalue weighted by Gasteiger charge is 2.61. The van der Waals surface area contributed by atoms with Crippen molar-refractivity contribution in [1.29, 1.82) is 5.26 Å². The SMILES string of the molecule is C=C[C@@H]1C[C@]1(NC(=O)[C@@H]1C[C@@H](Oc2cc(-c3ccccc3)nc3cc(OC)ccc23)CN1C(=O)[C@H](CNC(=O)C1(C#N)CC1)NC(=O)OC(C)(C)C)C(=O)NS(=O)(=O)c1ccccc1. The standard InChI is InChI=1S/C46H49N7O10S/c1-6-29-24-46(29,42(57)52-64(59,60)32-15-11-8-12-16-32)51-39(54)37-22-31(62-38-23-34(28-13-9-7-10-14-28)49-35-21-30(61-5)17-18-33(35)38)26-53(37)40(55)36(50-43(58)63-44(2,3)4)25-48-41(56)45(27-47)19-20-45/h6-18,21,23,29,31,36-37H,1,19-20,22,24-26H2,2-5H3,(H,48,56)(H,50,58)(H,51,54)(H,52,57)/t29-,31-,36+,37+,46-/m1/s1. The fraction of sp³-hybridized carbons (Fsp3) is 0.370. The molecule has 0 bridgehead atoms. The topological polar surface area (TPSA) is 235 Å². The van der Waals surface area contributed by atoms with Crippen LogP contribution in [0, 0.1) is 22.7 Å². The van der Waals surface area contributed by atoms with Crippen LogP contribution in [0.4, 0.5) is 4.79 Å². The highest BCUT2D eigenvalue weighted by Crippen LogP contribution is 2.46. The number of ether oxygens (including phenoxy) is 3. The summed E-state index contributed by atoms with van der Waals surface area (Å²) in [5.74, 6) is -2.97. The molecule has 0 unspecified atom stereocenters. The van der Waals surface area contributed by atoms with E-state index in [0.717, 1.165) is 5.56 Å². The van der Waals surface area contributed by atoms with Crippen LogP contribution < -0.4 is 30.1 Å². The summed E-state index contributed by atoms with van der Waals surface area (Å²) in [5.41, 5.74) is -2.06. The number of fused-ring (bicyclic) bond motifs is 1. The number of carbonyl (C=O) groups excluding carboxylic acids is 5. The third-order valence-corrected chi connectivity index (χ3v) is 12.7. The lowest BCUT2D eigenvalue weighted by atomic mass is 10.1. The number of benzene rings is 3. The summed E-state index contributed by atoms with van der Waals surface area (Å²) in [4.78, 5) is 75.5. The summed E-state index contributed by atoms with van der Waals surface area (Å²) in [6.45, 7) is 7.99. The summed E-state index contributed by atoms with van der Waals surface area (Å²) in [6, 6.07) is 22.8. The van der Waals surface area contributed by atoms with E-state index in [9.17, 15) is 37.7 Å². The van der Waals surface area contributed by atoms with Crippen molar-refractivity contribution in [3.63, 3.8) is 0 Å². The molecule has 17 nitrogen and oxygen atoms in total. The molecule has 4 aromatic rings. The van der Waals surface area contributed by atoms with Crippen LogP contribution in [0.3, 0.4) is 0 Å². The van der Waals surface area contributed by atoms with Crippen molar-refractivity contribution in [1.82, 2.24) is 30.6 Å². The average molecular weight is 892 g/mol. The Labute approximate surface area is 370 Å². The van der Waals surface area contributed by atoms with Crippen molar-refractivity contribution in [2.24, 2.45) is 11.3 Å². The van der Waals surface area contributed by atoms with E-state index in [4.69, 9.17) is 19.2 Å². The third kappa shape index (κ3) is 9.64. The van der Waals surface area contributed by atoms with Crippen molar-refractivity contribution in [3.05, 3.63) is 97.6 Å². The maximum atomic E-state index is 14.8. The van der Waals surface area contributed by atoms with E-state index >= 15 is 0 Å². The van der Waals surface area contributed by atoms with Gasteiger partial charge in [0.25, 0.3) is 15.9 Å². The van der Waals surface area contributed by atoms with E-state index in [-0.39, 0.29) is 24.3 Å². The molecule has 1 aliphatic heterocycles. The number of amides is 5. The number of pyridine rings is 1. The zero-order chi connectivity index (χ0) is 46.0. The Morgan fingerprint density at radius 3 is 2.30 bits per heavy atom. The predicted octanol–water partition coefficient (Wildman–Crippen LogP) is 4.14. The van der Waals surface area contributed by atoms with Crippen LogP contribution in [0.1, 0.15) is 46.5 Å². The van der Waals surface area contributed by atoms with Crippen molar-refractivity contribution in [3.8, 4) is 28.8 Å². The first-order valence-electron chi connectivity index (χ1n) is 20.7. The molecule has 0 radical (unpaired) electrons. The summed E-state index contributed by atoms with van der Waals surface area (Å²) in [5, 5.41) is 18.1. The number of alkyl carbamates (subject to hydrolysis) is 1. The molecular weight excluding hydrogens is 843 g/mol. The number of carbonyl (C=O) groups is 5. The normalized spacial score (nSPS) is 21.3. The highest BCUT2D eigenvalue weighted by molar-refractivity contribution is 7.90. The predicted molar refractivity (Wildman–Crippen MR) is 233 cm³/mol. The van der Waals surface area contributed by atoms with Crippen molar-refractivity contribution in [2.75, 3.05) is 20.2 Å². The Balaban J connectivity index is 1.22. The molecule has 5 atom stereocenters. The second-order valence-corrected chi connectivity index (χ2v) is 18.8. The fourth-order valence-corrected chi connectivity index (χ4v) is 8.71. The monoisotopic (exact) mass is 891 g/mol. The van der Waals surface area contributed by atoms with Gasteiger partial charge in [-0.25, -0.2) is 22.9 Å². The molecule has 2 heterocycles. The van der Waals surface area contributed by atoms with Crippen LogP contribution in [0.15, 0.2) is 102 Å². The molecule has 7 rings (SSSR count). The van der Waals surface area contributed by atoms with Gasteiger partial charge in [0.05, 0.1) is 35.8 Å². The summed E-state index contributed by atoms with van der Waals surface area (Å²) in [6.07, 6.45) is 0.128. The molecule has 0 spiro atoms. The molecule has 5 amide bonds. The number of likely N-dealkylation sites (tertiary alicyclic amines) is 1. The molecule has 4 N–H and O–H groups in total. The third-order valence-electron chi connectivity index (χ3n) is 11.4. The number of rotatable bonds is 15. The van der Waals surface area contributed by atoms with E-state index < -0.39 is 87.0 Å². The number of hydrogen-bond donors (Lipinski definition) is 4. The molecule has 2 saturated carbocycles. The van der Waals surface area contributed by atoms with Gasteiger partial charge < -0.3 is 35.1 Å². The van der Waals surface area contributed by atoms with Crippen molar-refractivity contribution < 1.29 is 46.6 Å². The molecule has 3 aliphatic rings. The lowest BCUT2D eigenvalue weighted by Crippen LogP contribution is -2.60. The van der Waals surface area contributed by atoms with Gasteiger partial charge in [-0.3, -0.25) is 19.2 Å². The van der Waals surface area contributed by atoms with Gasteiger partial charge in [0.15, 0.2) is 0 Å². The maximum absolute atomic E-state index is 14.8. The number of nitrogens with one attached hydrogen (secondary N) is 4. The zero-order valence-corrected chi connectivity index (χ0v) is 36.6. The number of sulfonamides is 1. The van der Waals surface area contributed by atoms with E-state index in [2.05, 4.69) is 27.3 Å². The molecule has 3 aromatic carbocycles. The van der Waals surface area contributed by atoms with Crippen molar-refractivity contribution >= 4 is 50.6 Å². The van der Waals surface area contributed by atoms with E-state index in [1.54, 1.807) is 51.1 Å². The second-order valence-electron chi connectivity index (χ2n) is 17.1. The first-order valence-corrected chi connectivity index (χ1v) is 22.2. The molecule has 2 aliphatic carbocycles. The van der Waals surface area contributed by atoms with Crippen LogP contribution in [0.5, 0.6) is 11.5 Å². The fourth-order valence-electron chi connectivity index (χ4n) is 7.65. The first kappa shape index (κ1) is 45.0. The number of nitrogens with zero attached hydrogens (tertiary/aromatic N) is 3. The minimum atomic E-state index is -4.35. The minimum Gasteiger partial charge on any atom is -0.497 e. The summed E-state index contributed by atoms with van der Waals surface area (Å²) in [7, 11) is -2.81. The van der Waals surface area contributed by atoms with E-state index in [1.165, 1.54) is 42.4 Å². The van der Waals surface area contributed by atoms with Crippen LogP contribution in [-0.4, -0.2) is 97.6 Å². The second kappa shape index (κ2) is 17.6. The largest absolute Gasteiger partial charge is 0.497 e. The van der Waals surface area contributed by atoms with E-state index in [1.807, 2.05) is 36.4 Å². The lowest BCUT2D eigenvalue weighted by Gasteiger charge is -2.30. The molecule has 1 saturated heterocycles. The Bertz CT molecular complexity index is 2650. The van der Waals surface area contributed by atoms with Gasteiger partial charge in [-0.05, 0) is 64.3 Å². The smallest absolute Gasteiger partial charge is 0.408 e. The van der Waals surface area contributed by atoms with Gasteiger partial charge in [0, 0.05) is 42.0 Å². The Hall–Kier alpha value is -7.00. The van der Waals surface area contributed by atoms with Crippen LogP contribution in [0.2, 0.25) is 0 Å². The zero-order valence-electron chi connectivity index (χ0n) is 35.8. The lowest BCUT2D eigenvalue weighted by molar-refractivity contribution is -0.141. The molecular formula is C46H49N7O10S. The molecule has 18 heteroatoms. The number of methoxy groups -OCH3 is 1. The van der Waals surface area contributed by atoms with Gasteiger partial charge in [0.2, 0.25) is 17.7 Å². The van der Waals surface area contributed by atoms with Gasteiger partial charge >= 0.3 is 6.09 Å². The van der Waals surface area contributed by atoms with Crippen molar-refractivity contribution in [2.45, 2.75) is 80.7 Å². The molecule has 64 heavy (non-hydrogen) atoms.